The molecule has 1 aliphatic carbocycles. The lowest BCUT2D eigenvalue weighted by atomic mass is 10.1. The minimum atomic E-state index is -0.386. The SMILES string of the molecule is CCOC(=O)CNC(=O)[C@H]1C[C@H]1c1ccccc1. The van der Waals surface area contributed by atoms with Crippen LogP contribution in [-0.2, 0) is 14.3 Å². The summed E-state index contributed by atoms with van der Waals surface area (Å²) in [6, 6.07) is 9.97. The molecule has 1 saturated carbocycles. The Kier molecular flexibility index (Phi) is 3.97. The zero-order valence-electron chi connectivity index (χ0n) is 10.4. The molecule has 2 atom stereocenters. The average Bonchev–Trinajstić information content (AvgIpc) is 3.18. The fourth-order valence-electron chi connectivity index (χ4n) is 2.06. The molecule has 0 aromatic heterocycles. The molecule has 0 bridgehead atoms. The Morgan fingerprint density at radius 2 is 2.06 bits per heavy atom. The molecule has 18 heavy (non-hydrogen) atoms. The van der Waals surface area contributed by atoms with Gasteiger partial charge >= 0.3 is 5.97 Å². The number of carbonyl (C=O) groups is 2. The predicted molar refractivity (Wildman–Crippen MR) is 66.9 cm³/mol. The van der Waals surface area contributed by atoms with Gasteiger partial charge in [0.05, 0.1) is 6.61 Å². The van der Waals surface area contributed by atoms with Crippen LogP contribution in [0.3, 0.4) is 0 Å². The maximum Gasteiger partial charge on any atom is 0.325 e. The smallest absolute Gasteiger partial charge is 0.325 e. The van der Waals surface area contributed by atoms with Crippen LogP contribution in [0, 0.1) is 5.92 Å². The maximum atomic E-state index is 11.8. The van der Waals surface area contributed by atoms with Gasteiger partial charge in [-0.1, -0.05) is 30.3 Å². The van der Waals surface area contributed by atoms with Crippen molar-refractivity contribution in [3.8, 4) is 0 Å². The van der Waals surface area contributed by atoms with E-state index in [2.05, 4.69) is 5.32 Å². The van der Waals surface area contributed by atoms with Crippen LogP contribution < -0.4 is 5.32 Å². The van der Waals surface area contributed by atoms with E-state index >= 15 is 0 Å². The molecule has 0 aliphatic heterocycles. The molecule has 0 spiro atoms. The van der Waals surface area contributed by atoms with Gasteiger partial charge in [-0.25, -0.2) is 0 Å². The van der Waals surface area contributed by atoms with Gasteiger partial charge in [0.2, 0.25) is 5.91 Å². The Morgan fingerprint density at radius 3 is 2.72 bits per heavy atom. The van der Waals surface area contributed by atoms with E-state index in [9.17, 15) is 9.59 Å². The Morgan fingerprint density at radius 1 is 1.33 bits per heavy atom. The maximum absolute atomic E-state index is 11.8. The molecule has 4 nitrogen and oxygen atoms in total. The molecule has 2 rings (SSSR count). The molecule has 1 fully saturated rings. The highest BCUT2D eigenvalue weighted by Gasteiger charge is 2.43. The molecular formula is C14H17NO3. The first-order valence-electron chi connectivity index (χ1n) is 6.20. The first-order valence-corrected chi connectivity index (χ1v) is 6.20. The zero-order valence-corrected chi connectivity index (χ0v) is 10.4. The van der Waals surface area contributed by atoms with Crippen LogP contribution in [-0.4, -0.2) is 25.0 Å². The summed E-state index contributed by atoms with van der Waals surface area (Å²) in [6.07, 6.45) is 0.860. The van der Waals surface area contributed by atoms with Crippen molar-refractivity contribution in [1.29, 1.82) is 0 Å². The molecule has 1 aliphatic rings. The summed E-state index contributed by atoms with van der Waals surface area (Å²) in [5.74, 6) is -0.144. The number of benzene rings is 1. The summed E-state index contributed by atoms with van der Waals surface area (Å²) in [5, 5.41) is 2.62. The van der Waals surface area contributed by atoms with Crippen molar-refractivity contribution in [3.63, 3.8) is 0 Å². The molecule has 1 N–H and O–H groups in total. The van der Waals surface area contributed by atoms with Crippen molar-refractivity contribution in [3.05, 3.63) is 35.9 Å². The minimum Gasteiger partial charge on any atom is -0.465 e. The van der Waals surface area contributed by atoms with Crippen molar-refractivity contribution in [2.75, 3.05) is 13.2 Å². The summed E-state index contributed by atoms with van der Waals surface area (Å²) in [7, 11) is 0. The van der Waals surface area contributed by atoms with Crippen molar-refractivity contribution in [1.82, 2.24) is 5.32 Å². The lowest BCUT2D eigenvalue weighted by Gasteiger charge is -2.04. The number of amides is 1. The normalized spacial score (nSPS) is 21.2. The average molecular weight is 247 g/mol. The number of esters is 1. The van der Waals surface area contributed by atoms with E-state index in [1.165, 1.54) is 5.56 Å². The number of hydrogen-bond donors (Lipinski definition) is 1. The van der Waals surface area contributed by atoms with E-state index in [1.54, 1.807) is 6.92 Å². The van der Waals surface area contributed by atoms with Crippen LogP contribution in [0.5, 0.6) is 0 Å². The lowest BCUT2D eigenvalue weighted by molar-refractivity contribution is -0.143. The summed E-state index contributed by atoms with van der Waals surface area (Å²) in [6.45, 7) is 2.04. The van der Waals surface area contributed by atoms with Gasteiger partial charge in [-0.15, -0.1) is 0 Å². The van der Waals surface area contributed by atoms with Crippen LogP contribution in [0.15, 0.2) is 30.3 Å². The molecule has 96 valence electrons. The van der Waals surface area contributed by atoms with Crippen molar-refractivity contribution in [2.24, 2.45) is 5.92 Å². The highest BCUT2D eigenvalue weighted by molar-refractivity contribution is 5.86. The third kappa shape index (κ3) is 3.09. The zero-order chi connectivity index (χ0) is 13.0. The first-order chi connectivity index (χ1) is 8.72. The molecule has 1 amide bonds. The van der Waals surface area contributed by atoms with Gasteiger partial charge in [-0.3, -0.25) is 9.59 Å². The highest BCUT2D eigenvalue weighted by Crippen LogP contribution is 2.47. The Labute approximate surface area is 106 Å². The number of ether oxygens (including phenoxy) is 1. The quantitative estimate of drug-likeness (QED) is 0.802. The fourth-order valence-corrected chi connectivity index (χ4v) is 2.06. The van der Waals surface area contributed by atoms with Crippen LogP contribution in [0.4, 0.5) is 0 Å². The second kappa shape index (κ2) is 5.67. The van der Waals surface area contributed by atoms with E-state index in [0.717, 1.165) is 6.42 Å². The summed E-state index contributed by atoms with van der Waals surface area (Å²) in [5.41, 5.74) is 1.19. The van der Waals surface area contributed by atoms with Gasteiger partial charge in [0, 0.05) is 5.92 Å². The van der Waals surface area contributed by atoms with Crippen molar-refractivity contribution in [2.45, 2.75) is 19.3 Å². The topological polar surface area (TPSA) is 55.4 Å². The standard InChI is InChI=1S/C14H17NO3/c1-2-18-13(16)9-15-14(17)12-8-11(12)10-6-4-3-5-7-10/h3-7,11-12H,2,8-9H2,1H3,(H,15,17)/t11-,12-/m0/s1. The minimum absolute atomic E-state index is 0.00169. The van der Waals surface area contributed by atoms with Gasteiger partial charge < -0.3 is 10.1 Å². The lowest BCUT2D eigenvalue weighted by Crippen LogP contribution is -2.32. The van der Waals surface area contributed by atoms with Crippen LogP contribution in [0.2, 0.25) is 0 Å². The van der Waals surface area contributed by atoms with E-state index in [4.69, 9.17) is 4.74 Å². The van der Waals surface area contributed by atoms with E-state index in [0.29, 0.717) is 12.5 Å². The van der Waals surface area contributed by atoms with Crippen LogP contribution in [0.25, 0.3) is 0 Å². The molecule has 0 unspecified atom stereocenters. The third-order valence-corrected chi connectivity index (χ3v) is 3.07. The van der Waals surface area contributed by atoms with Gasteiger partial charge in [0.15, 0.2) is 0 Å². The number of nitrogens with one attached hydrogen (secondary N) is 1. The molecule has 1 aromatic rings. The summed E-state index contributed by atoms with van der Waals surface area (Å²) >= 11 is 0. The first kappa shape index (κ1) is 12.6. The number of carbonyl (C=O) groups excluding carboxylic acids is 2. The van der Waals surface area contributed by atoms with Gasteiger partial charge in [0.1, 0.15) is 6.54 Å². The molecule has 0 saturated heterocycles. The molecule has 4 heteroatoms. The Bertz CT molecular complexity index is 430. The molecule has 1 aromatic carbocycles. The van der Waals surface area contributed by atoms with Crippen LogP contribution in [0.1, 0.15) is 24.8 Å². The van der Waals surface area contributed by atoms with Gasteiger partial charge in [0.25, 0.3) is 0 Å². The Balaban J connectivity index is 1.78. The van der Waals surface area contributed by atoms with Gasteiger partial charge in [-0.05, 0) is 24.8 Å². The highest BCUT2D eigenvalue weighted by atomic mass is 16.5. The second-order valence-corrected chi connectivity index (χ2v) is 4.38. The van der Waals surface area contributed by atoms with E-state index in [-0.39, 0.29) is 24.3 Å². The van der Waals surface area contributed by atoms with Crippen LogP contribution >= 0.6 is 0 Å². The molecular weight excluding hydrogens is 230 g/mol. The van der Waals surface area contributed by atoms with Gasteiger partial charge in [-0.2, -0.15) is 0 Å². The largest absolute Gasteiger partial charge is 0.465 e. The second-order valence-electron chi connectivity index (χ2n) is 4.38. The molecule has 0 radical (unpaired) electrons. The number of hydrogen-bond acceptors (Lipinski definition) is 3. The monoisotopic (exact) mass is 247 g/mol. The van der Waals surface area contributed by atoms with E-state index < -0.39 is 0 Å². The van der Waals surface area contributed by atoms with Crippen molar-refractivity contribution < 1.29 is 14.3 Å². The van der Waals surface area contributed by atoms with Crippen molar-refractivity contribution >= 4 is 11.9 Å². The summed E-state index contributed by atoms with van der Waals surface area (Å²) in [4.78, 5) is 22.9. The third-order valence-electron chi connectivity index (χ3n) is 3.07. The molecule has 0 heterocycles. The Hall–Kier alpha value is -1.84. The fraction of sp³-hybridized carbons (Fsp3) is 0.429. The van der Waals surface area contributed by atoms with E-state index in [1.807, 2.05) is 30.3 Å². The number of rotatable bonds is 5. The predicted octanol–water partition coefficient (Wildman–Crippen LogP) is 1.47. The summed E-state index contributed by atoms with van der Waals surface area (Å²) < 4.78 is 4.75.